The summed E-state index contributed by atoms with van der Waals surface area (Å²) < 4.78 is 6.09. The summed E-state index contributed by atoms with van der Waals surface area (Å²) >= 11 is 0. The number of aliphatic hydroxyl groups is 1. The minimum Gasteiger partial charge on any atom is -0.481 e. The number of fused-ring (bicyclic) bond motifs is 7. The van der Waals surface area contributed by atoms with Crippen LogP contribution < -0.4 is 0 Å². The van der Waals surface area contributed by atoms with Crippen molar-refractivity contribution in [1.82, 2.24) is 0 Å². The van der Waals surface area contributed by atoms with E-state index in [4.69, 9.17) is 4.74 Å². The number of carboxylic acids is 2. The van der Waals surface area contributed by atoms with E-state index >= 15 is 0 Å². The van der Waals surface area contributed by atoms with Gasteiger partial charge < -0.3 is 20.1 Å². The van der Waals surface area contributed by atoms with Crippen molar-refractivity contribution in [2.24, 2.45) is 55.7 Å². The van der Waals surface area contributed by atoms with E-state index in [1.807, 2.05) is 0 Å². The quantitative estimate of drug-likeness (QED) is 0.208. The molecule has 3 N–H and O–H groups in total. The molecule has 0 spiro atoms. The Hall–Kier alpha value is -1.89. The number of rotatable bonds is 6. The van der Waals surface area contributed by atoms with E-state index in [9.17, 15) is 29.7 Å². The van der Waals surface area contributed by atoms with Crippen molar-refractivity contribution in [3.05, 3.63) is 11.6 Å². The van der Waals surface area contributed by atoms with E-state index in [1.54, 1.807) is 13.8 Å². The molecule has 4 saturated carbocycles. The summed E-state index contributed by atoms with van der Waals surface area (Å²) in [6, 6.07) is 0. The molecular weight excluding hydrogens is 556 g/mol. The number of carbonyl (C=O) groups is 3. The highest BCUT2D eigenvalue weighted by Gasteiger charge is 2.70. The highest BCUT2D eigenvalue weighted by atomic mass is 16.6. The number of ether oxygens (including phenoxy) is 1. The topological polar surface area (TPSA) is 121 Å². The molecule has 0 radical (unpaired) electrons. The van der Waals surface area contributed by atoms with Gasteiger partial charge in [0.15, 0.2) is 0 Å². The Labute approximate surface area is 264 Å². The smallest absolute Gasteiger partial charge is 0.310 e. The molecule has 0 heterocycles. The molecule has 0 saturated heterocycles. The summed E-state index contributed by atoms with van der Waals surface area (Å²) in [7, 11) is 0. The predicted octanol–water partition coefficient (Wildman–Crippen LogP) is 7.65. The number of aliphatic carboxylic acids is 2. The second-order valence-corrected chi connectivity index (χ2v) is 18.6. The van der Waals surface area contributed by atoms with Gasteiger partial charge >= 0.3 is 17.9 Å². The molecule has 0 aromatic heterocycles. The highest BCUT2D eigenvalue weighted by Crippen LogP contribution is 2.75. The molecule has 0 aromatic carbocycles. The molecule has 0 aromatic rings. The highest BCUT2D eigenvalue weighted by molar-refractivity contribution is 5.76. The van der Waals surface area contributed by atoms with Gasteiger partial charge in [-0.3, -0.25) is 14.4 Å². The zero-order valence-electron chi connectivity index (χ0n) is 28.7. The Morgan fingerprint density at radius 2 is 1.52 bits per heavy atom. The number of carboxylic acid groups (broad SMARTS) is 2. The summed E-state index contributed by atoms with van der Waals surface area (Å²) in [5, 5.41) is 31.6. The van der Waals surface area contributed by atoms with Crippen LogP contribution in [0.2, 0.25) is 0 Å². The van der Waals surface area contributed by atoms with Crippen molar-refractivity contribution in [1.29, 1.82) is 0 Å². The second-order valence-electron chi connectivity index (χ2n) is 18.6. The Balaban J connectivity index is 1.49. The fourth-order valence-corrected chi connectivity index (χ4v) is 11.9. The first-order chi connectivity index (χ1) is 20.0. The fraction of sp³-hybridized carbons (Fsp3) is 0.865. The molecule has 9 atom stereocenters. The predicted molar refractivity (Wildman–Crippen MR) is 169 cm³/mol. The fourth-order valence-electron chi connectivity index (χ4n) is 11.9. The number of aliphatic hydroxyl groups excluding tert-OH is 1. The van der Waals surface area contributed by atoms with E-state index in [0.29, 0.717) is 12.3 Å². The molecule has 0 unspecified atom stereocenters. The lowest BCUT2D eigenvalue weighted by Gasteiger charge is -2.71. The number of hydrogen-bond acceptors (Lipinski definition) is 5. The average molecular weight is 615 g/mol. The zero-order valence-corrected chi connectivity index (χ0v) is 28.7. The molecule has 0 aliphatic heterocycles. The van der Waals surface area contributed by atoms with Crippen molar-refractivity contribution in [3.63, 3.8) is 0 Å². The number of carbonyl (C=O) groups excluding carboxylic acids is 1. The van der Waals surface area contributed by atoms with Crippen molar-refractivity contribution >= 4 is 17.9 Å². The Morgan fingerprint density at radius 3 is 2.14 bits per heavy atom. The molecule has 248 valence electrons. The van der Waals surface area contributed by atoms with Gasteiger partial charge in [0.1, 0.15) is 6.10 Å². The average Bonchev–Trinajstić information content (AvgIpc) is 2.85. The molecule has 5 rings (SSSR count). The van der Waals surface area contributed by atoms with Crippen LogP contribution in [-0.2, 0) is 19.1 Å². The van der Waals surface area contributed by atoms with Gasteiger partial charge in [-0.05, 0) is 108 Å². The normalized spacial score (nSPS) is 44.1. The summed E-state index contributed by atoms with van der Waals surface area (Å²) in [6.07, 6.45) is 8.48. The molecule has 5 aliphatic rings. The lowest BCUT2D eigenvalue weighted by Crippen LogP contribution is -2.67. The van der Waals surface area contributed by atoms with Crippen LogP contribution in [0.15, 0.2) is 11.6 Å². The lowest BCUT2D eigenvalue weighted by atomic mass is 9.33. The Bertz CT molecular complexity index is 1250. The molecular formula is C37H58O7. The minimum atomic E-state index is -0.947. The van der Waals surface area contributed by atoms with Crippen molar-refractivity contribution in [2.75, 3.05) is 0 Å². The number of esters is 1. The molecule has 7 heteroatoms. The summed E-state index contributed by atoms with van der Waals surface area (Å²) in [6.45, 7) is 19.6. The Morgan fingerprint density at radius 1 is 0.886 bits per heavy atom. The lowest BCUT2D eigenvalue weighted by molar-refractivity contribution is -0.238. The maximum Gasteiger partial charge on any atom is 0.310 e. The van der Waals surface area contributed by atoms with Crippen LogP contribution in [0, 0.1) is 55.7 Å². The molecule has 0 amide bonds. The van der Waals surface area contributed by atoms with Gasteiger partial charge in [-0.2, -0.15) is 0 Å². The zero-order chi connectivity index (χ0) is 32.9. The van der Waals surface area contributed by atoms with Gasteiger partial charge in [0.25, 0.3) is 0 Å². The summed E-state index contributed by atoms with van der Waals surface area (Å²) in [4.78, 5) is 37.5. The molecule has 5 aliphatic carbocycles. The van der Waals surface area contributed by atoms with Crippen molar-refractivity contribution < 1.29 is 34.4 Å². The largest absolute Gasteiger partial charge is 0.481 e. The molecule has 0 bridgehead atoms. The first-order valence-corrected chi connectivity index (χ1v) is 17.1. The van der Waals surface area contributed by atoms with Gasteiger partial charge in [0, 0.05) is 0 Å². The van der Waals surface area contributed by atoms with E-state index < -0.39 is 46.4 Å². The third-order valence-electron chi connectivity index (χ3n) is 14.5. The van der Waals surface area contributed by atoms with Crippen LogP contribution in [0.1, 0.15) is 133 Å². The van der Waals surface area contributed by atoms with E-state index in [1.165, 1.54) is 5.57 Å². The van der Waals surface area contributed by atoms with Crippen LogP contribution in [0.25, 0.3) is 0 Å². The second kappa shape index (κ2) is 10.3. The van der Waals surface area contributed by atoms with E-state index in [0.717, 1.165) is 51.4 Å². The molecule has 4 fully saturated rings. The van der Waals surface area contributed by atoms with Crippen LogP contribution >= 0.6 is 0 Å². The third-order valence-corrected chi connectivity index (χ3v) is 14.5. The van der Waals surface area contributed by atoms with Gasteiger partial charge in [0.2, 0.25) is 0 Å². The van der Waals surface area contributed by atoms with Crippen molar-refractivity contribution in [2.45, 2.75) is 145 Å². The van der Waals surface area contributed by atoms with Crippen LogP contribution in [0.4, 0.5) is 0 Å². The first kappa shape index (κ1) is 33.5. The third kappa shape index (κ3) is 4.88. The number of hydrogen-bond donors (Lipinski definition) is 3. The minimum absolute atomic E-state index is 0.0164. The molecule has 7 nitrogen and oxygen atoms in total. The van der Waals surface area contributed by atoms with Gasteiger partial charge in [0.05, 0.1) is 24.4 Å². The SMILES string of the molecule is CC(C)(CC(=O)O)CC(=O)O[C@@H]1C[C@]2(C)[C@H]3CC=C4[C@@H]5CC(C)(C)CC[C@]5(C(=O)O)CC[C@@]4(C)[C@]3(C)CC[C@H]2C(C)(C)[C@H]1O. The number of allylic oxidation sites excluding steroid dienone is 2. The van der Waals surface area contributed by atoms with Crippen LogP contribution in [-0.4, -0.2) is 45.4 Å². The van der Waals surface area contributed by atoms with Gasteiger partial charge in [-0.15, -0.1) is 0 Å². The van der Waals surface area contributed by atoms with E-state index in [2.05, 4.69) is 54.5 Å². The van der Waals surface area contributed by atoms with Crippen LogP contribution in [0.5, 0.6) is 0 Å². The Kier molecular flexibility index (Phi) is 7.84. The van der Waals surface area contributed by atoms with Crippen LogP contribution in [0.3, 0.4) is 0 Å². The van der Waals surface area contributed by atoms with Gasteiger partial charge in [-0.25, -0.2) is 0 Å². The van der Waals surface area contributed by atoms with Gasteiger partial charge in [-0.1, -0.05) is 74.0 Å². The van der Waals surface area contributed by atoms with E-state index in [-0.39, 0.29) is 46.3 Å². The summed E-state index contributed by atoms with van der Waals surface area (Å²) in [5.41, 5.74) is -0.751. The summed E-state index contributed by atoms with van der Waals surface area (Å²) in [5.74, 6) is -1.42. The monoisotopic (exact) mass is 614 g/mol. The standard InChI is InChI=1S/C37H58O7/c1-31(2)14-16-37(30(42)43)17-15-35(8)22(23(37)18-31)10-11-26-34(7)19-24(44-28(40)21-32(3,4)20-27(38)39)29(41)33(5,6)25(34)12-13-36(26,35)9/h10,23-26,29,41H,11-21H2,1-9H3,(H,38,39)(H,42,43)/t23-,24+,25-,26+,29-,34-,35+,36+,37-/m0/s1. The maximum absolute atomic E-state index is 13.2. The molecule has 44 heavy (non-hydrogen) atoms. The first-order valence-electron chi connectivity index (χ1n) is 17.1. The van der Waals surface area contributed by atoms with Crippen molar-refractivity contribution in [3.8, 4) is 0 Å². The maximum atomic E-state index is 13.2.